The first-order chi connectivity index (χ1) is 15.2. The van der Waals surface area contributed by atoms with Crippen LogP contribution in [0.1, 0.15) is 46.8 Å². The van der Waals surface area contributed by atoms with Crippen molar-refractivity contribution in [2.24, 2.45) is 5.92 Å². The lowest BCUT2D eigenvalue weighted by molar-refractivity contribution is 0.0594. The largest absolute Gasteiger partial charge is 0.464 e. The molecule has 0 unspecified atom stereocenters. The highest BCUT2D eigenvalue weighted by Gasteiger charge is 2.37. The van der Waals surface area contributed by atoms with E-state index in [-0.39, 0.29) is 17.4 Å². The average Bonchev–Trinajstić information content (AvgIpc) is 3.46. The number of pyridine rings is 1. The van der Waals surface area contributed by atoms with E-state index in [9.17, 15) is 9.59 Å². The summed E-state index contributed by atoms with van der Waals surface area (Å²) in [5.41, 5.74) is 3.67. The normalized spacial score (nSPS) is 23.3. The van der Waals surface area contributed by atoms with Crippen molar-refractivity contribution in [3.05, 3.63) is 69.8 Å². The van der Waals surface area contributed by atoms with Gasteiger partial charge in [0.1, 0.15) is 5.58 Å². The maximum atomic E-state index is 13.2. The summed E-state index contributed by atoms with van der Waals surface area (Å²) in [6.45, 7) is 5.03. The number of carbonyl (C=O) groups is 1. The summed E-state index contributed by atoms with van der Waals surface area (Å²) in [6.07, 6.45) is 5.16. The fourth-order valence-corrected chi connectivity index (χ4v) is 5.74. The number of hydrogen-bond acceptors (Lipinski definition) is 4. The smallest absolute Gasteiger partial charge is 0.255 e. The molecule has 3 aliphatic heterocycles. The maximum absolute atomic E-state index is 13.2. The van der Waals surface area contributed by atoms with E-state index >= 15 is 0 Å². The van der Waals surface area contributed by atoms with Gasteiger partial charge >= 0.3 is 0 Å². The van der Waals surface area contributed by atoms with Crippen LogP contribution in [0, 0.1) is 5.92 Å². The van der Waals surface area contributed by atoms with Crippen molar-refractivity contribution in [3.63, 3.8) is 0 Å². The molecule has 1 aromatic carbocycles. The van der Waals surface area contributed by atoms with Crippen LogP contribution >= 0.6 is 0 Å². The highest BCUT2D eigenvalue weighted by Crippen LogP contribution is 2.36. The first kappa shape index (κ1) is 18.9. The number of hydrogen-bond donors (Lipinski definition) is 0. The molecule has 160 valence electrons. The van der Waals surface area contributed by atoms with E-state index in [0.29, 0.717) is 31.1 Å². The number of amides is 1. The third-order valence-electron chi connectivity index (χ3n) is 7.26. The SMILES string of the molecule is O=C(c1ccc2occc2c1)N1C[C@@H]2C[C@H](C1)c1ccc(CN3CCCC3)c(=O)n1C2. The van der Waals surface area contributed by atoms with Crippen molar-refractivity contribution in [2.75, 3.05) is 26.2 Å². The van der Waals surface area contributed by atoms with Gasteiger partial charge in [0, 0.05) is 54.3 Å². The molecule has 2 saturated heterocycles. The molecule has 0 N–H and O–H groups in total. The van der Waals surface area contributed by atoms with Gasteiger partial charge in [0.05, 0.1) is 6.26 Å². The van der Waals surface area contributed by atoms with Gasteiger partial charge in [-0.15, -0.1) is 0 Å². The van der Waals surface area contributed by atoms with Gasteiger partial charge < -0.3 is 13.9 Å². The first-order valence-corrected chi connectivity index (χ1v) is 11.4. The number of rotatable bonds is 3. The molecule has 0 spiro atoms. The Balaban J connectivity index is 1.25. The summed E-state index contributed by atoms with van der Waals surface area (Å²) in [7, 11) is 0. The molecular weight excluding hydrogens is 390 g/mol. The summed E-state index contributed by atoms with van der Waals surface area (Å²) >= 11 is 0. The van der Waals surface area contributed by atoms with E-state index in [1.165, 1.54) is 12.8 Å². The summed E-state index contributed by atoms with van der Waals surface area (Å²) in [5, 5.41) is 0.950. The summed E-state index contributed by atoms with van der Waals surface area (Å²) in [4.78, 5) is 30.8. The van der Waals surface area contributed by atoms with Crippen LogP contribution in [0.3, 0.4) is 0 Å². The quantitative estimate of drug-likeness (QED) is 0.655. The van der Waals surface area contributed by atoms with Gasteiger partial charge in [-0.25, -0.2) is 0 Å². The number of furan rings is 1. The molecule has 6 rings (SSSR count). The van der Waals surface area contributed by atoms with Crippen LogP contribution in [-0.2, 0) is 13.1 Å². The minimum Gasteiger partial charge on any atom is -0.464 e. The van der Waals surface area contributed by atoms with Crippen molar-refractivity contribution in [3.8, 4) is 0 Å². The molecule has 3 aliphatic rings. The van der Waals surface area contributed by atoms with Gasteiger partial charge in [-0.05, 0) is 68.6 Å². The summed E-state index contributed by atoms with van der Waals surface area (Å²) in [6, 6.07) is 11.7. The number of piperidine rings is 1. The van der Waals surface area contributed by atoms with Crippen LogP contribution in [-0.4, -0.2) is 46.5 Å². The number of carbonyl (C=O) groups excluding carboxylic acids is 1. The van der Waals surface area contributed by atoms with Gasteiger partial charge in [0.25, 0.3) is 11.5 Å². The molecule has 0 radical (unpaired) electrons. The lowest BCUT2D eigenvalue weighted by Gasteiger charge is -2.43. The van der Waals surface area contributed by atoms with Crippen molar-refractivity contribution < 1.29 is 9.21 Å². The van der Waals surface area contributed by atoms with Gasteiger partial charge in [-0.3, -0.25) is 14.5 Å². The van der Waals surface area contributed by atoms with E-state index in [1.807, 2.05) is 39.8 Å². The van der Waals surface area contributed by atoms with E-state index in [4.69, 9.17) is 4.42 Å². The van der Waals surface area contributed by atoms with Crippen molar-refractivity contribution in [1.82, 2.24) is 14.4 Å². The van der Waals surface area contributed by atoms with Crippen LogP contribution in [0.5, 0.6) is 0 Å². The Kier molecular flexibility index (Phi) is 4.49. The van der Waals surface area contributed by atoms with E-state index in [0.717, 1.165) is 48.3 Å². The Morgan fingerprint density at radius 1 is 1.03 bits per heavy atom. The number of benzene rings is 1. The number of likely N-dealkylation sites (tertiary alicyclic amines) is 2. The second-order valence-corrected chi connectivity index (χ2v) is 9.36. The Morgan fingerprint density at radius 3 is 2.77 bits per heavy atom. The van der Waals surface area contributed by atoms with Crippen molar-refractivity contribution in [1.29, 1.82) is 0 Å². The highest BCUT2D eigenvalue weighted by atomic mass is 16.3. The molecule has 5 heterocycles. The highest BCUT2D eigenvalue weighted by molar-refractivity contribution is 5.97. The van der Waals surface area contributed by atoms with Crippen LogP contribution in [0.2, 0.25) is 0 Å². The Hall–Kier alpha value is -2.86. The molecule has 2 bridgehead atoms. The zero-order valence-corrected chi connectivity index (χ0v) is 17.6. The third-order valence-corrected chi connectivity index (χ3v) is 7.26. The average molecular weight is 418 g/mol. The van der Waals surface area contributed by atoms with Crippen LogP contribution < -0.4 is 5.56 Å². The van der Waals surface area contributed by atoms with Gasteiger partial charge in [0.2, 0.25) is 0 Å². The molecule has 6 heteroatoms. The molecule has 31 heavy (non-hydrogen) atoms. The standard InChI is InChI=1S/C25H27N3O3/c29-24(19-4-6-23-18(12-19)7-10-31-23)27-13-17-11-21(16-27)22-5-3-20(25(30)28(22)14-17)15-26-8-1-2-9-26/h3-7,10,12,17,21H,1-2,8-9,11,13-16H2/t17-,21+/m0/s1. The Bertz CT molecular complexity index is 1200. The monoisotopic (exact) mass is 417 g/mol. The summed E-state index contributed by atoms with van der Waals surface area (Å²) in [5.74, 6) is 0.620. The number of nitrogens with zero attached hydrogens (tertiary/aromatic N) is 3. The van der Waals surface area contributed by atoms with Gasteiger partial charge in [0.15, 0.2) is 0 Å². The van der Waals surface area contributed by atoms with E-state index in [2.05, 4.69) is 11.0 Å². The minimum absolute atomic E-state index is 0.0688. The lowest BCUT2D eigenvalue weighted by atomic mass is 9.82. The molecule has 2 fully saturated rings. The molecule has 2 aromatic heterocycles. The van der Waals surface area contributed by atoms with Crippen molar-refractivity contribution in [2.45, 2.75) is 38.3 Å². The topological polar surface area (TPSA) is 58.7 Å². The zero-order chi connectivity index (χ0) is 20.9. The van der Waals surface area contributed by atoms with E-state index in [1.54, 1.807) is 6.26 Å². The predicted molar refractivity (Wildman–Crippen MR) is 118 cm³/mol. The maximum Gasteiger partial charge on any atom is 0.255 e. The van der Waals surface area contributed by atoms with Gasteiger partial charge in [-0.1, -0.05) is 6.07 Å². The molecule has 0 saturated carbocycles. The summed E-state index contributed by atoms with van der Waals surface area (Å²) < 4.78 is 7.40. The van der Waals surface area contributed by atoms with Gasteiger partial charge in [-0.2, -0.15) is 0 Å². The molecule has 3 aromatic rings. The van der Waals surface area contributed by atoms with E-state index < -0.39 is 0 Å². The van der Waals surface area contributed by atoms with Crippen LogP contribution in [0.25, 0.3) is 11.0 Å². The molecule has 2 atom stereocenters. The molecule has 0 aliphatic carbocycles. The fourth-order valence-electron chi connectivity index (χ4n) is 5.74. The minimum atomic E-state index is 0.0688. The van der Waals surface area contributed by atoms with Crippen LogP contribution in [0.4, 0.5) is 0 Å². The molecule has 6 nitrogen and oxygen atoms in total. The third kappa shape index (κ3) is 3.30. The molecule has 1 amide bonds. The zero-order valence-electron chi connectivity index (χ0n) is 17.6. The molecular formula is C25H27N3O3. The first-order valence-electron chi connectivity index (χ1n) is 11.4. The second kappa shape index (κ2) is 7.38. The number of aromatic nitrogens is 1. The van der Waals surface area contributed by atoms with Crippen molar-refractivity contribution >= 4 is 16.9 Å². The number of fused-ring (bicyclic) bond motifs is 5. The lowest BCUT2D eigenvalue weighted by Crippen LogP contribution is -2.49. The Morgan fingerprint density at radius 2 is 1.90 bits per heavy atom. The van der Waals surface area contributed by atoms with Crippen LogP contribution in [0.15, 0.2) is 51.9 Å². The Labute approximate surface area is 181 Å². The second-order valence-electron chi connectivity index (χ2n) is 9.36. The predicted octanol–water partition coefficient (Wildman–Crippen LogP) is 3.45. The fraction of sp³-hybridized carbons (Fsp3) is 0.440.